The van der Waals surface area contributed by atoms with Gasteiger partial charge in [-0.3, -0.25) is 9.59 Å². The van der Waals surface area contributed by atoms with Crippen molar-refractivity contribution < 1.29 is 9.59 Å². The number of nitrogen functional groups attached to an aromatic ring is 1. The van der Waals surface area contributed by atoms with Gasteiger partial charge in [0.1, 0.15) is 0 Å². The molecule has 1 heterocycles. The maximum absolute atomic E-state index is 11.8. The Morgan fingerprint density at radius 3 is 2.43 bits per heavy atom. The predicted octanol–water partition coefficient (Wildman–Crippen LogP) is 2.14. The highest BCUT2D eigenvalue weighted by Crippen LogP contribution is 2.21. The summed E-state index contributed by atoms with van der Waals surface area (Å²) in [5.41, 5.74) is 6.61. The van der Waals surface area contributed by atoms with E-state index in [1.165, 1.54) is 0 Å². The zero-order chi connectivity index (χ0) is 15.2. The van der Waals surface area contributed by atoms with Gasteiger partial charge in [-0.1, -0.05) is 0 Å². The van der Waals surface area contributed by atoms with Gasteiger partial charge in [0, 0.05) is 16.1 Å². The summed E-state index contributed by atoms with van der Waals surface area (Å²) in [6.45, 7) is 0.391. The summed E-state index contributed by atoms with van der Waals surface area (Å²) in [7, 11) is 0. The largest absolute Gasteiger partial charge is 0.399 e. The molecular formula is C14H14BrN3O2S. The van der Waals surface area contributed by atoms with E-state index in [1.54, 1.807) is 35.6 Å². The third kappa shape index (κ3) is 4.87. The van der Waals surface area contributed by atoms with E-state index < -0.39 is 0 Å². The van der Waals surface area contributed by atoms with Crippen LogP contribution in [0.3, 0.4) is 0 Å². The van der Waals surface area contributed by atoms with Crippen LogP contribution in [0.2, 0.25) is 0 Å². The van der Waals surface area contributed by atoms with Crippen molar-refractivity contribution in [1.82, 2.24) is 10.6 Å². The number of anilines is 1. The van der Waals surface area contributed by atoms with Crippen LogP contribution in [0, 0.1) is 0 Å². The highest BCUT2D eigenvalue weighted by Gasteiger charge is 2.08. The first kappa shape index (κ1) is 15.5. The van der Waals surface area contributed by atoms with Crippen molar-refractivity contribution in [3.63, 3.8) is 0 Å². The molecule has 5 nitrogen and oxygen atoms in total. The fraction of sp³-hybridized carbons (Fsp3) is 0.143. The number of nitrogens with one attached hydrogen (secondary N) is 2. The smallest absolute Gasteiger partial charge is 0.251 e. The topological polar surface area (TPSA) is 84.2 Å². The molecule has 4 N–H and O–H groups in total. The Hall–Kier alpha value is -1.86. The van der Waals surface area contributed by atoms with Crippen molar-refractivity contribution in [2.24, 2.45) is 0 Å². The number of hydrogen-bond acceptors (Lipinski definition) is 4. The van der Waals surface area contributed by atoms with Gasteiger partial charge < -0.3 is 16.4 Å². The molecule has 1 aromatic carbocycles. The predicted molar refractivity (Wildman–Crippen MR) is 87.1 cm³/mol. The molecule has 0 radical (unpaired) electrons. The summed E-state index contributed by atoms with van der Waals surface area (Å²) in [5, 5.41) is 5.31. The van der Waals surface area contributed by atoms with Crippen molar-refractivity contribution in [2.75, 3.05) is 12.3 Å². The second-order valence-corrected chi connectivity index (χ2v) is 6.83. The lowest BCUT2D eigenvalue weighted by Crippen LogP contribution is -2.36. The third-order valence-electron chi connectivity index (χ3n) is 2.67. The molecule has 0 saturated heterocycles. The van der Waals surface area contributed by atoms with Crippen molar-refractivity contribution in [3.8, 4) is 0 Å². The molecule has 1 aromatic heterocycles. The number of amides is 2. The number of halogens is 1. The second-order valence-electron chi connectivity index (χ2n) is 4.29. The van der Waals surface area contributed by atoms with Gasteiger partial charge in [-0.05, 0) is 52.3 Å². The van der Waals surface area contributed by atoms with Gasteiger partial charge in [0.2, 0.25) is 5.91 Å². The monoisotopic (exact) mass is 367 g/mol. The van der Waals surface area contributed by atoms with Crippen LogP contribution in [0.4, 0.5) is 5.69 Å². The number of benzene rings is 1. The minimum Gasteiger partial charge on any atom is -0.399 e. The van der Waals surface area contributed by atoms with E-state index in [0.29, 0.717) is 17.8 Å². The number of rotatable bonds is 5. The molecule has 0 bridgehead atoms. The van der Waals surface area contributed by atoms with Crippen LogP contribution in [0.25, 0.3) is 0 Å². The molecule has 0 atom stereocenters. The molecule has 0 fully saturated rings. The number of nitrogens with two attached hydrogens (primary N) is 1. The van der Waals surface area contributed by atoms with E-state index >= 15 is 0 Å². The van der Waals surface area contributed by atoms with E-state index in [9.17, 15) is 9.59 Å². The van der Waals surface area contributed by atoms with Crippen LogP contribution < -0.4 is 16.4 Å². The summed E-state index contributed by atoms with van der Waals surface area (Å²) in [5.74, 6) is -0.535. The Labute approximate surface area is 134 Å². The number of carbonyl (C=O) groups is 2. The summed E-state index contributed by atoms with van der Waals surface area (Å²) < 4.78 is 1.02. The molecule has 21 heavy (non-hydrogen) atoms. The number of hydrogen-bond donors (Lipinski definition) is 3. The fourth-order valence-electron chi connectivity index (χ4n) is 1.59. The van der Waals surface area contributed by atoms with Gasteiger partial charge in [-0.25, -0.2) is 0 Å². The summed E-state index contributed by atoms with van der Waals surface area (Å²) in [6, 6.07) is 10.4. The van der Waals surface area contributed by atoms with Crippen LogP contribution >= 0.6 is 27.3 Å². The van der Waals surface area contributed by atoms with E-state index in [4.69, 9.17) is 5.73 Å². The molecule has 0 unspecified atom stereocenters. The van der Waals surface area contributed by atoms with E-state index in [-0.39, 0.29) is 18.4 Å². The van der Waals surface area contributed by atoms with E-state index in [0.717, 1.165) is 8.66 Å². The maximum Gasteiger partial charge on any atom is 0.251 e. The van der Waals surface area contributed by atoms with Gasteiger partial charge in [-0.2, -0.15) is 0 Å². The summed E-state index contributed by atoms with van der Waals surface area (Å²) in [6.07, 6.45) is 0. The van der Waals surface area contributed by atoms with Gasteiger partial charge in [0.25, 0.3) is 5.91 Å². The van der Waals surface area contributed by atoms with Crippen LogP contribution in [0.5, 0.6) is 0 Å². The van der Waals surface area contributed by atoms with Crippen LogP contribution in [0.1, 0.15) is 15.2 Å². The van der Waals surface area contributed by atoms with Crippen molar-refractivity contribution in [1.29, 1.82) is 0 Å². The lowest BCUT2D eigenvalue weighted by atomic mass is 10.2. The highest BCUT2D eigenvalue weighted by molar-refractivity contribution is 9.11. The molecular weight excluding hydrogens is 354 g/mol. The first-order chi connectivity index (χ1) is 10.0. The molecule has 0 aliphatic heterocycles. The van der Waals surface area contributed by atoms with E-state index in [1.807, 2.05) is 12.1 Å². The number of thiophene rings is 1. The van der Waals surface area contributed by atoms with Crippen LogP contribution in [0.15, 0.2) is 40.2 Å². The average Bonchev–Trinajstić information content (AvgIpc) is 2.89. The summed E-state index contributed by atoms with van der Waals surface area (Å²) >= 11 is 4.91. The molecule has 2 aromatic rings. The zero-order valence-electron chi connectivity index (χ0n) is 11.1. The van der Waals surface area contributed by atoms with Crippen molar-refractivity contribution >= 4 is 44.8 Å². The standard InChI is InChI=1S/C14H14BrN3O2S/c15-12-6-5-11(21-12)7-17-13(19)8-18-14(20)9-1-3-10(16)4-2-9/h1-6H,7-8,16H2,(H,17,19)(H,18,20). The fourth-order valence-corrected chi connectivity index (χ4v) is 3.01. The Balaban J connectivity index is 1.75. The Bertz CT molecular complexity index is 640. The SMILES string of the molecule is Nc1ccc(C(=O)NCC(=O)NCc2ccc(Br)s2)cc1. The lowest BCUT2D eigenvalue weighted by molar-refractivity contribution is -0.120. The van der Waals surface area contributed by atoms with Gasteiger partial charge >= 0.3 is 0 Å². The molecule has 2 amide bonds. The second kappa shape index (κ2) is 7.24. The average molecular weight is 368 g/mol. The van der Waals surface area contributed by atoms with E-state index in [2.05, 4.69) is 26.6 Å². The molecule has 7 heteroatoms. The Morgan fingerprint density at radius 2 is 1.81 bits per heavy atom. The van der Waals surface area contributed by atoms with Gasteiger partial charge in [-0.15, -0.1) is 11.3 Å². The van der Waals surface area contributed by atoms with Crippen molar-refractivity contribution in [3.05, 3.63) is 50.6 Å². The molecule has 0 aliphatic carbocycles. The molecule has 2 rings (SSSR count). The normalized spacial score (nSPS) is 10.1. The minimum atomic E-state index is -0.302. The molecule has 0 saturated carbocycles. The highest BCUT2D eigenvalue weighted by atomic mass is 79.9. The van der Waals surface area contributed by atoms with Gasteiger partial charge in [0.15, 0.2) is 0 Å². The van der Waals surface area contributed by atoms with Crippen LogP contribution in [-0.4, -0.2) is 18.4 Å². The van der Waals surface area contributed by atoms with Gasteiger partial charge in [0.05, 0.1) is 16.9 Å². The maximum atomic E-state index is 11.8. The Kier molecular flexibility index (Phi) is 5.35. The minimum absolute atomic E-state index is 0.0598. The molecule has 110 valence electrons. The molecule has 0 aliphatic rings. The van der Waals surface area contributed by atoms with Crippen LogP contribution in [-0.2, 0) is 11.3 Å². The summed E-state index contributed by atoms with van der Waals surface area (Å²) in [4.78, 5) is 24.5. The first-order valence-corrected chi connectivity index (χ1v) is 7.80. The lowest BCUT2D eigenvalue weighted by Gasteiger charge is -2.06. The van der Waals surface area contributed by atoms with Crippen molar-refractivity contribution in [2.45, 2.75) is 6.54 Å². The molecule has 0 spiro atoms. The Morgan fingerprint density at radius 1 is 1.10 bits per heavy atom. The zero-order valence-corrected chi connectivity index (χ0v) is 13.5. The number of carbonyl (C=O) groups excluding carboxylic acids is 2. The third-order valence-corrected chi connectivity index (χ3v) is 4.29. The quantitative estimate of drug-likeness (QED) is 0.707. The first-order valence-electron chi connectivity index (χ1n) is 6.19.